The summed E-state index contributed by atoms with van der Waals surface area (Å²) in [7, 11) is 3.34. The maximum Gasteiger partial charge on any atom is 0.508 e. The number of rotatable bonds is 25. The number of fused-ring (bicyclic) bond motifs is 1. The van der Waals surface area contributed by atoms with Crippen molar-refractivity contribution < 1.29 is 57.9 Å². The number of nitrogens with one attached hydrogen (secondary N) is 1. The molecule has 14 heteroatoms. The van der Waals surface area contributed by atoms with E-state index >= 15 is 0 Å². The maximum absolute atomic E-state index is 12.5. The van der Waals surface area contributed by atoms with Crippen LogP contribution in [-0.4, -0.2) is 101 Å². The van der Waals surface area contributed by atoms with E-state index in [9.17, 15) is 4.79 Å². The van der Waals surface area contributed by atoms with Gasteiger partial charge < -0.3 is 43.2 Å². The summed E-state index contributed by atoms with van der Waals surface area (Å²) in [6.45, 7) is 5.52. The van der Waals surface area contributed by atoms with Crippen molar-refractivity contribution in [2.24, 2.45) is 0 Å². The zero-order chi connectivity index (χ0) is 41.0. The van der Waals surface area contributed by atoms with Crippen molar-refractivity contribution >= 4 is 16.9 Å². The number of carbonyl (C=O) groups is 1. The highest BCUT2D eigenvalue weighted by Gasteiger charge is 2.37. The first-order valence-electron chi connectivity index (χ1n) is 19.9. The topological polar surface area (TPSA) is 156 Å². The molecule has 14 nitrogen and oxygen atoms in total. The van der Waals surface area contributed by atoms with Crippen molar-refractivity contribution in [3.05, 3.63) is 102 Å². The number of nitrogens with zero attached hydrogens (tertiary/aromatic N) is 1. The molecule has 316 valence electrons. The van der Waals surface area contributed by atoms with E-state index in [-0.39, 0.29) is 43.3 Å². The van der Waals surface area contributed by atoms with Crippen LogP contribution >= 0.6 is 0 Å². The van der Waals surface area contributed by atoms with E-state index in [2.05, 4.69) is 34.4 Å². The van der Waals surface area contributed by atoms with Gasteiger partial charge in [0.15, 0.2) is 0 Å². The lowest BCUT2D eigenvalue weighted by molar-refractivity contribution is -0.492. The van der Waals surface area contributed by atoms with Crippen molar-refractivity contribution in [2.45, 2.75) is 76.5 Å². The molecule has 0 saturated carbocycles. The fraction of sp³-hybridized carbons (Fsp3) is 0.477. The fourth-order valence-electron chi connectivity index (χ4n) is 6.87. The van der Waals surface area contributed by atoms with Crippen LogP contribution in [0, 0.1) is 0 Å². The van der Waals surface area contributed by atoms with Gasteiger partial charge >= 0.3 is 6.16 Å². The summed E-state index contributed by atoms with van der Waals surface area (Å²) in [5.41, 5.74) is 3.05. The fourth-order valence-corrected chi connectivity index (χ4v) is 6.87. The Morgan fingerprint density at radius 1 is 0.793 bits per heavy atom. The lowest BCUT2D eigenvalue weighted by Crippen LogP contribution is -2.51. The van der Waals surface area contributed by atoms with Crippen molar-refractivity contribution in [3.8, 4) is 17.2 Å². The Labute approximate surface area is 340 Å². The quantitative estimate of drug-likeness (QED) is 0.0342. The standard InChI is InChI=1S/C44H58N2O12/c1-4-36(58-44(47)54-22-10-5-11-24-57-46(48)49)31-56-42-28-45-27-41(55-29-32-25-34-13-6-8-15-38(34)40(26-32)51-3)43(42)33-17-19-37(20-18-33)53-23-12-21-52-30-35-14-7-9-16-39(35)50-2/h6-9,13-20,25-26,36,41-43,45,48-49H,4-5,10-12,21-24,27-31H2,1-3H3. The Kier molecular flexibility index (Phi) is 18.8. The van der Waals surface area contributed by atoms with E-state index in [0.717, 1.165) is 51.1 Å². The summed E-state index contributed by atoms with van der Waals surface area (Å²) in [5.74, 6) is 2.23. The lowest BCUT2D eigenvalue weighted by atomic mass is 9.85. The number of piperidine rings is 1. The van der Waals surface area contributed by atoms with Crippen LogP contribution in [0.2, 0.25) is 0 Å². The number of unbranched alkanes of at least 4 members (excludes halogenated alkanes) is 2. The van der Waals surface area contributed by atoms with E-state index < -0.39 is 12.3 Å². The monoisotopic (exact) mass is 806 g/mol. The molecular formula is C44H58N2O12. The third kappa shape index (κ3) is 14.1. The molecule has 58 heavy (non-hydrogen) atoms. The van der Waals surface area contributed by atoms with Crippen molar-refractivity contribution in [1.82, 2.24) is 10.7 Å². The summed E-state index contributed by atoms with van der Waals surface area (Å²) in [6, 6.07) is 28.2. The zero-order valence-corrected chi connectivity index (χ0v) is 33.7. The Bertz CT molecular complexity index is 1790. The third-order valence-corrected chi connectivity index (χ3v) is 9.91. The molecule has 3 N–H and O–H groups in total. The number of benzene rings is 4. The van der Waals surface area contributed by atoms with Crippen LogP contribution in [0.4, 0.5) is 4.79 Å². The smallest absolute Gasteiger partial charge is 0.496 e. The normalized spacial score (nSPS) is 17.2. The molecule has 0 aliphatic carbocycles. The Morgan fingerprint density at radius 2 is 1.53 bits per heavy atom. The van der Waals surface area contributed by atoms with Crippen LogP contribution in [-0.2, 0) is 41.7 Å². The molecule has 0 amide bonds. The van der Waals surface area contributed by atoms with Gasteiger partial charge in [-0.15, -0.1) is 0 Å². The molecule has 4 unspecified atom stereocenters. The molecule has 1 fully saturated rings. The molecule has 4 aromatic carbocycles. The second-order valence-electron chi connectivity index (χ2n) is 14.0. The molecule has 0 spiro atoms. The minimum absolute atomic E-state index is 0.133. The number of hydrogen-bond acceptors (Lipinski definition) is 14. The maximum atomic E-state index is 12.5. The van der Waals surface area contributed by atoms with Gasteiger partial charge in [-0.1, -0.05) is 61.5 Å². The summed E-state index contributed by atoms with van der Waals surface area (Å²) < 4.78 is 47.2. The van der Waals surface area contributed by atoms with E-state index in [4.69, 9.17) is 48.3 Å². The van der Waals surface area contributed by atoms with Crippen molar-refractivity contribution in [3.63, 3.8) is 0 Å². The molecule has 1 saturated heterocycles. The Balaban J connectivity index is 1.18. The molecule has 1 aliphatic rings. The van der Waals surface area contributed by atoms with Gasteiger partial charge in [-0.25, -0.2) is 4.79 Å². The molecule has 1 aliphatic heterocycles. The lowest BCUT2D eigenvalue weighted by Gasteiger charge is -2.39. The van der Waals surface area contributed by atoms with Crippen molar-refractivity contribution in [1.29, 1.82) is 0 Å². The summed E-state index contributed by atoms with van der Waals surface area (Å²) >= 11 is 0. The average molecular weight is 807 g/mol. The van der Waals surface area contributed by atoms with Crippen LogP contribution in [0.25, 0.3) is 10.8 Å². The Hall–Kier alpha value is -4.51. The average Bonchev–Trinajstić information content (AvgIpc) is 3.25. The number of hydrogen-bond donors (Lipinski definition) is 3. The summed E-state index contributed by atoms with van der Waals surface area (Å²) in [6.07, 6.45) is 1.29. The molecule has 5 rings (SSSR count). The van der Waals surface area contributed by atoms with Gasteiger partial charge in [-0.2, -0.15) is 0 Å². The first kappa shape index (κ1) is 44.6. The van der Waals surface area contributed by atoms with Gasteiger partial charge in [0.1, 0.15) is 23.4 Å². The molecule has 4 atom stereocenters. The van der Waals surface area contributed by atoms with E-state index in [1.165, 1.54) is 0 Å². The van der Waals surface area contributed by atoms with Crippen LogP contribution in [0.15, 0.2) is 84.9 Å². The van der Waals surface area contributed by atoms with Crippen LogP contribution < -0.4 is 19.5 Å². The molecular weight excluding hydrogens is 748 g/mol. The highest BCUT2D eigenvalue weighted by atomic mass is 17.1. The minimum Gasteiger partial charge on any atom is -0.496 e. The Morgan fingerprint density at radius 3 is 2.31 bits per heavy atom. The summed E-state index contributed by atoms with van der Waals surface area (Å²) in [5, 5.41) is 22.5. The second-order valence-corrected chi connectivity index (χ2v) is 14.0. The molecule has 0 bridgehead atoms. The first-order valence-corrected chi connectivity index (χ1v) is 19.9. The zero-order valence-electron chi connectivity index (χ0n) is 33.7. The molecule has 0 aromatic heterocycles. The van der Waals surface area contributed by atoms with Gasteiger partial charge in [0.2, 0.25) is 0 Å². The number of carbonyl (C=O) groups excluding carboxylic acids is 1. The van der Waals surface area contributed by atoms with Gasteiger partial charge in [0.05, 0.1) is 78.1 Å². The molecule has 0 radical (unpaired) electrons. The summed E-state index contributed by atoms with van der Waals surface area (Å²) in [4.78, 5) is 17.0. The largest absolute Gasteiger partial charge is 0.508 e. The van der Waals surface area contributed by atoms with E-state index in [0.29, 0.717) is 65.2 Å². The third-order valence-electron chi connectivity index (χ3n) is 9.91. The molecule has 4 aromatic rings. The van der Waals surface area contributed by atoms with Gasteiger partial charge in [-0.05, 0) is 72.5 Å². The predicted molar refractivity (Wildman–Crippen MR) is 215 cm³/mol. The van der Waals surface area contributed by atoms with Crippen molar-refractivity contribution in [2.75, 3.05) is 60.3 Å². The minimum atomic E-state index is -0.757. The highest BCUT2D eigenvalue weighted by molar-refractivity contribution is 5.89. The second kappa shape index (κ2) is 24.4. The molecule has 1 heterocycles. The predicted octanol–water partition coefficient (Wildman–Crippen LogP) is 7.61. The SMILES string of the molecule is CCC(COC1CNCC(OCc2cc(OC)c3ccccc3c2)C1c1ccc(OCCCOCc2ccccc2OC)cc1)OC(=O)OCCCCCON(O)O. The van der Waals surface area contributed by atoms with E-state index in [1.807, 2.05) is 67.6 Å². The number of methoxy groups -OCH3 is 2. The van der Waals surface area contributed by atoms with Crippen LogP contribution in [0.3, 0.4) is 0 Å². The van der Waals surface area contributed by atoms with E-state index in [1.54, 1.807) is 14.2 Å². The first-order chi connectivity index (χ1) is 28.4. The van der Waals surface area contributed by atoms with Crippen LogP contribution in [0.1, 0.15) is 61.6 Å². The highest BCUT2D eigenvalue weighted by Crippen LogP contribution is 2.34. The van der Waals surface area contributed by atoms with Gasteiger partial charge in [0.25, 0.3) is 0 Å². The van der Waals surface area contributed by atoms with Crippen LogP contribution in [0.5, 0.6) is 17.2 Å². The van der Waals surface area contributed by atoms with Gasteiger partial charge in [0, 0.05) is 36.4 Å². The van der Waals surface area contributed by atoms with Gasteiger partial charge in [-0.3, -0.25) is 15.3 Å². The number of ether oxygens (including phenoxy) is 8. The number of para-hydroxylation sites is 1.